The van der Waals surface area contributed by atoms with E-state index in [1.807, 2.05) is 42.7 Å². The molecule has 1 aliphatic heterocycles. The predicted octanol–water partition coefficient (Wildman–Crippen LogP) is 2.84. The van der Waals surface area contributed by atoms with E-state index in [9.17, 15) is 4.79 Å². The van der Waals surface area contributed by atoms with Gasteiger partial charge in [-0.25, -0.2) is 9.97 Å². The van der Waals surface area contributed by atoms with Gasteiger partial charge in [0.05, 0.1) is 0 Å². The third kappa shape index (κ3) is 2.92. The predicted molar refractivity (Wildman–Crippen MR) is 100 cm³/mol. The minimum atomic E-state index is -0.0207. The van der Waals surface area contributed by atoms with Crippen LogP contribution in [0.1, 0.15) is 41.2 Å². The number of anilines is 1. The maximum Gasteiger partial charge on any atom is 0.251 e. The number of fused-ring (bicyclic) bond motifs is 1. The summed E-state index contributed by atoms with van der Waals surface area (Å²) in [6.45, 7) is 1.63. The van der Waals surface area contributed by atoms with Crippen LogP contribution >= 0.6 is 0 Å². The Bertz CT molecular complexity index is 961. The van der Waals surface area contributed by atoms with Gasteiger partial charge in [-0.3, -0.25) is 4.79 Å². The van der Waals surface area contributed by atoms with Crippen LogP contribution in [0.2, 0.25) is 0 Å². The molecule has 2 aromatic heterocycles. The van der Waals surface area contributed by atoms with Gasteiger partial charge in [0.1, 0.15) is 0 Å². The van der Waals surface area contributed by atoms with Crippen LogP contribution < -0.4 is 10.2 Å². The molecule has 1 aliphatic carbocycles. The highest BCUT2D eigenvalue weighted by Gasteiger charge is 2.29. The summed E-state index contributed by atoms with van der Waals surface area (Å²) in [7, 11) is 0. The maximum absolute atomic E-state index is 12.6. The van der Waals surface area contributed by atoms with Gasteiger partial charge in [-0.05, 0) is 49.6 Å². The molecular weight excluding hydrogens is 326 g/mol. The average molecular weight is 347 g/mol. The third-order valence-electron chi connectivity index (χ3n) is 5.28. The number of nitrogens with one attached hydrogen (secondary N) is 2. The minimum absolute atomic E-state index is 0.0207. The molecule has 0 bridgehead atoms. The normalized spacial score (nSPS) is 19.8. The fourth-order valence-corrected chi connectivity index (χ4v) is 3.64. The summed E-state index contributed by atoms with van der Waals surface area (Å²) in [5, 5.41) is 4.21. The smallest absolute Gasteiger partial charge is 0.251 e. The molecule has 0 radical (unpaired) electrons. The van der Waals surface area contributed by atoms with Crippen molar-refractivity contribution in [2.45, 2.75) is 31.2 Å². The van der Waals surface area contributed by atoms with E-state index in [0.29, 0.717) is 11.5 Å². The quantitative estimate of drug-likeness (QED) is 0.761. The van der Waals surface area contributed by atoms with Crippen molar-refractivity contribution in [2.75, 3.05) is 18.0 Å². The van der Waals surface area contributed by atoms with Gasteiger partial charge in [-0.2, -0.15) is 0 Å². The van der Waals surface area contributed by atoms with Crippen molar-refractivity contribution in [3.05, 3.63) is 54.0 Å². The molecule has 132 valence electrons. The molecule has 2 fully saturated rings. The highest BCUT2D eigenvalue weighted by Crippen LogP contribution is 2.39. The average Bonchev–Trinajstić information content (AvgIpc) is 3.23. The first-order valence-electron chi connectivity index (χ1n) is 9.22. The summed E-state index contributed by atoms with van der Waals surface area (Å²) in [4.78, 5) is 27.1. The zero-order chi connectivity index (χ0) is 17.5. The van der Waals surface area contributed by atoms with Crippen LogP contribution in [0.3, 0.4) is 0 Å². The van der Waals surface area contributed by atoms with E-state index in [1.165, 1.54) is 12.8 Å². The van der Waals surface area contributed by atoms with Crippen molar-refractivity contribution in [3.8, 4) is 0 Å². The van der Waals surface area contributed by atoms with Crippen LogP contribution in [0.25, 0.3) is 10.9 Å². The van der Waals surface area contributed by atoms with Crippen molar-refractivity contribution >= 4 is 22.8 Å². The molecule has 1 amide bonds. The van der Waals surface area contributed by atoms with Crippen molar-refractivity contribution in [2.24, 2.45) is 0 Å². The molecule has 6 nitrogen and oxygen atoms in total. The number of carbonyl (C=O) groups excluding carboxylic acids is 1. The maximum atomic E-state index is 12.6. The van der Waals surface area contributed by atoms with Gasteiger partial charge >= 0.3 is 0 Å². The van der Waals surface area contributed by atoms with Gasteiger partial charge in [-0.15, -0.1) is 0 Å². The van der Waals surface area contributed by atoms with Crippen molar-refractivity contribution in [1.82, 2.24) is 20.3 Å². The van der Waals surface area contributed by atoms with Crippen LogP contribution in [-0.4, -0.2) is 40.0 Å². The Kier molecular flexibility index (Phi) is 3.62. The molecule has 26 heavy (non-hydrogen) atoms. The van der Waals surface area contributed by atoms with Crippen LogP contribution in [0.4, 0.5) is 5.95 Å². The Hall–Kier alpha value is -2.89. The van der Waals surface area contributed by atoms with Crippen LogP contribution in [-0.2, 0) is 0 Å². The largest absolute Gasteiger partial charge is 0.361 e. The second-order valence-electron chi connectivity index (χ2n) is 7.24. The molecule has 5 rings (SSSR count). The number of H-pyrrole nitrogens is 1. The van der Waals surface area contributed by atoms with E-state index >= 15 is 0 Å². The lowest BCUT2D eigenvalue weighted by molar-refractivity contribution is 0.0940. The van der Waals surface area contributed by atoms with E-state index in [1.54, 1.807) is 0 Å². The first-order valence-corrected chi connectivity index (χ1v) is 9.22. The number of hydrogen-bond donors (Lipinski definition) is 2. The van der Waals surface area contributed by atoms with Crippen molar-refractivity contribution in [1.29, 1.82) is 0 Å². The Morgan fingerprint density at radius 2 is 2.12 bits per heavy atom. The van der Waals surface area contributed by atoms with E-state index in [-0.39, 0.29) is 11.9 Å². The van der Waals surface area contributed by atoms with Crippen LogP contribution in [0.15, 0.2) is 42.7 Å². The Morgan fingerprint density at radius 1 is 1.19 bits per heavy atom. The number of carbonyl (C=O) groups is 1. The lowest BCUT2D eigenvalue weighted by Gasteiger charge is -2.17. The molecule has 3 heterocycles. The molecule has 0 spiro atoms. The lowest BCUT2D eigenvalue weighted by atomic mass is 10.1. The third-order valence-corrected chi connectivity index (χ3v) is 5.28. The Labute approximate surface area is 151 Å². The summed E-state index contributed by atoms with van der Waals surface area (Å²) in [5.74, 6) is 1.39. The van der Waals surface area contributed by atoms with E-state index in [4.69, 9.17) is 4.98 Å². The zero-order valence-corrected chi connectivity index (χ0v) is 14.5. The van der Waals surface area contributed by atoms with E-state index in [0.717, 1.165) is 42.1 Å². The fourth-order valence-electron chi connectivity index (χ4n) is 3.64. The lowest BCUT2D eigenvalue weighted by Crippen LogP contribution is -2.37. The monoisotopic (exact) mass is 347 g/mol. The fraction of sp³-hybridized carbons (Fsp3) is 0.350. The topological polar surface area (TPSA) is 73.9 Å². The summed E-state index contributed by atoms with van der Waals surface area (Å²) < 4.78 is 0. The number of benzene rings is 1. The minimum Gasteiger partial charge on any atom is -0.361 e. The molecule has 1 saturated carbocycles. The first-order chi connectivity index (χ1) is 12.8. The molecule has 1 saturated heterocycles. The number of aromatic amines is 1. The Morgan fingerprint density at radius 3 is 3.00 bits per heavy atom. The number of nitrogens with zero attached hydrogens (tertiary/aromatic N) is 3. The number of aromatic nitrogens is 3. The standard InChI is InChI=1S/C20H21N5O/c26-19(15-3-4-17-14(11-15)5-8-21-17)23-16-7-10-25(12-16)20-22-9-6-18(24-20)13-1-2-13/h3-6,8-9,11,13,16,21H,1-2,7,10,12H2,(H,23,26). The SMILES string of the molecule is O=C(NC1CCN(c2nccc(C3CC3)n2)C1)c1ccc2[nH]ccc2c1. The number of rotatable bonds is 4. The van der Waals surface area contributed by atoms with Crippen LogP contribution in [0, 0.1) is 0 Å². The summed E-state index contributed by atoms with van der Waals surface area (Å²) in [5.41, 5.74) is 2.89. The molecule has 2 N–H and O–H groups in total. The summed E-state index contributed by atoms with van der Waals surface area (Å²) >= 11 is 0. The highest BCUT2D eigenvalue weighted by molar-refractivity contribution is 5.98. The van der Waals surface area contributed by atoms with E-state index in [2.05, 4.69) is 20.2 Å². The van der Waals surface area contributed by atoms with Gasteiger partial charge in [0, 0.05) is 59.6 Å². The van der Waals surface area contributed by atoms with Crippen LogP contribution in [0.5, 0.6) is 0 Å². The van der Waals surface area contributed by atoms with E-state index < -0.39 is 0 Å². The number of amides is 1. The van der Waals surface area contributed by atoms with Crippen molar-refractivity contribution < 1.29 is 4.79 Å². The molecule has 2 aliphatic rings. The van der Waals surface area contributed by atoms with Gasteiger partial charge in [0.2, 0.25) is 5.95 Å². The highest BCUT2D eigenvalue weighted by atomic mass is 16.1. The molecular formula is C20H21N5O. The molecule has 6 heteroatoms. The van der Waals surface area contributed by atoms with Gasteiger partial charge in [0.25, 0.3) is 5.91 Å². The Balaban J connectivity index is 1.25. The number of hydrogen-bond acceptors (Lipinski definition) is 4. The zero-order valence-electron chi connectivity index (χ0n) is 14.5. The van der Waals surface area contributed by atoms with Gasteiger partial charge in [-0.1, -0.05) is 0 Å². The molecule has 1 unspecified atom stereocenters. The first kappa shape index (κ1) is 15.4. The van der Waals surface area contributed by atoms with Crippen molar-refractivity contribution in [3.63, 3.8) is 0 Å². The second-order valence-corrected chi connectivity index (χ2v) is 7.24. The second kappa shape index (κ2) is 6.12. The summed E-state index contributed by atoms with van der Waals surface area (Å²) in [6.07, 6.45) is 7.13. The van der Waals surface area contributed by atoms with Gasteiger partial charge < -0.3 is 15.2 Å². The molecule has 1 atom stereocenters. The summed E-state index contributed by atoms with van der Waals surface area (Å²) in [6, 6.07) is 9.86. The molecule has 3 aromatic rings. The van der Waals surface area contributed by atoms with Gasteiger partial charge in [0.15, 0.2) is 0 Å². The molecule has 1 aromatic carbocycles.